The van der Waals surface area contributed by atoms with Gasteiger partial charge in [-0.3, -0.25) is 9.69 Å². The van der Waals surface area contributed by atoms with Gasteiger partial charge in [0.05, 0.1) is 26.3 Å². The number of benzene rings is 1. The van der Waals surface area contributed by atoms with Gasteiger partial charge in [0.15, 0.2) is 5.79 Å². The molecule has 2 amide bonds. The molecule has 0 radical (unpaired) electrons. The molecular weight excluding hydrogens is 408 g/mol. The fourth-order valence-corrected chi connectivity index (χ4v) is 4.04. The number of hydrogen-bond acceptors (Lipinski definition) is 8. The zero-order valence-corrected chi connectivity index (χ0v) is 17.9. The Bertz CT molecular complexity index is 798. The van der Waals surface area contributed by atoms with Gasteiger partial charge >= 0.3 is 12.1 Å². The van der Waals surface area contributed by atoms with Crippen molar-refractivity contribution in [2.45, 2.75) is 43.4 Å². The third-order valence-corrected chi connectivity index (χ3v) is 5.80. The van der Waals surface area contributed by atoms with Crippen LogP contribution in [-0.4, -0.2) is 91.3 Å². The zero-order valence-electron chi connectivity index (χ0n) is 17.9. The predicted molar refractivity (Wildman–Crippen MR) is 107 cm³/mol. The van der Waals surface area contributed by atoms with Crippen molar-refractivity contribution in [1.29, 1.82) is 0 Å². The molecule has 0 aromatic heterocycles. The molecule has 2 aliphatic heterocycles. The highest BCUT2D eigenvalue weighted by Crippen LogP contribution is 2.34. The van der Waals surface area contributed by atoms with Gasteiger partial charge in [0.2, 0.25) is 5.91 Å². The maximum atomic E-state index is 13.4. The van der Waals surface area contributed by atoms with E-state index in [9.17, 15) is 19.5 Å². The molecule has 0 unspecified atom stereocenters. The van der Waals surface area contributed by atoms with Crippen molar-refractivity contribution in [2.75, 3.05) is 34.4 Å². The lowest BCUT2D eigenvalue weighted by atomic mass is 10.1. The van der Waals surface area contributed by atoms with E-state index in [2.05, 4.69) is 0 Å². The summed E-state index contributed by atoms with van der Waals surface area (Å²) in [5.74, 6) is -2.27. The minimum atomic E-state index is -1.16. The van der Waals surface area contributed by atoms with Crippen LogP contribution in [0.3, 0.4) is 0 Å². The van der Waals surface area contributed by atoms with Gasteiger partial charge in [-0.05, 0) is 5.56 Å². The molecule has 10 heteroatoms. The fourth-order valence-electron chi connectivity index (χ4n) is 4.04. The van der Waals surface area contributed by atoms with Crippen molar-refractivity contribution >= 4 is 18.0 Å². The van der Waals surface area contributed by atoms with E-state index in [-0.39, 0.29) is 32.5 Å². The first kappa shape index (κ1) is 23.0. The van der Waals surface area contributed by atoms with Gasteiger partial charge in [0.1, 0.15) is 18.7 Å². The topological polar surface area (TPSA) is 115 Å². The Hall–Kier alpha value is -2.69. The highest BCUT2D eigenvalue weighted by Gasteiger charge is 2.53. The Kier molecular flexibility index (Phi) is 7.14. The lowest BCUT2D eigenvalue weighted by Crippen LogP contribution is -2.51. The fraction of sp³-hybridized carbons (Fsp3) is 0.571. The van der Waals surface area contributed by atoms with Crippen LogP contribution in [0.15, 0.2) is 30.3 Å². The molecule has 10 nitrogen and oxygen atoms in total. The molecule has 0 saturated carbocycles. The van der Waals surface area contributed by atoms with Crippen molar-refractivity contribution in [3.05, 3.63) is 35.9 Å². The number of aliphatic hydroxyl groups is 1. The second-order valence-corrected chi connectivity index (χ2v) is 7.63. The van der Waals surface area contributed by atoms with E-state index in [0.29, 0.717) is 0 Å². The number of hydrogen-bond donors (Lipinski definition) is 1. The van der Waals surface area contributed by atoms with Gasteiger partial charge in [-0.1, -0.05) is 30.3 Å². The van der Waals surface area contributed by atoms with E-state index in [1.165, 1.54) is 31.1 Å². The second-order valence-electron chi connectivity index (χ2n) is 7.63. The molecule has 1 aromatic rings. The molecule has 2 aliphatic rings. The van der Waals surface area contributed by atoms with Crippen molar-refractivity contribution < 1.29 is 38.4 Å². The highest BCUT2D eigenvalue weighted by atomic mass is 16.7. The van der Waals surface area contributed by atoms with E-state index < -0.39 is 41.9 Å². The minimum Gasteiger partial charge on any atom is -0.467 e. The smallest absolute Gasteiger partial charge is 0.410 e. The zero-order chi connectivity index (χ0) is 22.6. The van der Waals surface area contributed by atoms with E-state index >= 15 is 0 Å². The molecule has 3 atom stereocenters. The van der Waals surface area contributed by atoms with Crippen molar-refractivity contribution in [1.82, 2.24) is 9.80 Å². The molecule has 170 valence electrons. The van der Waals surface area contributed by atoms with Crippen LogP contribution in [0.2, 0.25) is 0 Å². The molecule has 2 saturated heterocycles. The molecule has 0 aliphatic carbocycles. The maximum absolute atomic E-state index is 13.4. The van der Waals surface area contributed by atoms with Crippen LogP contribution < -0.4 is 0 Å². The Labute approximate surface area is 180 Å². The number of likely N-dealkylation sites (tertiary alicyclic amines) is 2. The SMILES string of the molecule is COC(=O)[C@@H]1CC(OC)(OC)CN1C(=O)[C@@H]1C[C@H](O)CN1C(=O)OCc1ccccc1. The lowest BCUT2D eigenvalue weighted by molar-refractivity contribution is -0.197. The molecule has 31 heavy (non-hydrogen) atoms. The summed E-state index contributed by atoms with van der Waals surface area (Å²) in [6.07, 6.45) is -1.47. The number of β-amino-alcohol motifs (C(OH)–C–C–N with tert-alkyl or cyclic N) is 1. The predicted octanol–water partition coefficient (Wildman–Crippen LogP) is 0.521. The summed E-state index contributed by atoms with van der Waals surface area (Å²) < 4.78 is 21.0. The Morgan fingerprint density at radius 2 is 1.74 bits per heavy atom. The normalized spacial score (nSPS) is 24.8. The number of amides is 2. The van der Waals surface area contributed by atoms with Crippen molar-refractivity contribution in [3.63, 3.8) is 0 Å². The van der Waals surface area contributed by atoms with E-state index in [1.54, 1.807) is 0 Å². The third-order valence-electron chi connectivity index (χ3n) is 5.80. The Morgan fingerprint density at radius 3 is 2.35 bits per heavy atom. The van der Waals surface area contributed by atoms with Crippen LogP contribution in [-0.2, 0) is 35.1 Å². The van der Waals surface area contributed by atoms with Gasteiger partial charge in [0, 0.05) is 27.1 Å². The van der Waals surface area contributed by atoms with Crippen LogP contribution in [0.4, 0.5) is 4.79 Å². The Balaban J connectivity index is 1.75. The van der Waals surface area contributed by atoms with Crippen LogP contribution >= 0.6 is 0 Å². The highest BCUT2D eigenvalue weighted by molar-refractivity contribution is 5.91. The number of carbonyl (C=O) groups is 3. The summed E-state index contributed by atoms with van der Waals surface area (Å²) in [6, 6.07) is 7.22. The van der Waals surface area contributed by atoms with Crippen molar-refractivity contribution in [2.24, 2.45) is 0 Å². The second kappa shape index (κ2) is 9.63. The number of methoxy groups -OCH3 is 3. The number of ether oxygens (including phenoxy) is 4. The molecule has 3 rings (SSSR count). The van der Waals surface area contributed by atoms with Crippen LogP contribution in [0.1, 0.15) is 18.4 Å². The third kappa shape index (κ3) is 4.81. The summed E-state index contributed by atoms with van der Waals surface area (Å²) in [5.41, 5.74) is 0.800. The van der Waals surface area contributed by atoms with E-state index in [0.717, 1.165) is 5.56 Å². The van der Waals surface area contributed by atoms with Gasteiger partial charge < -0.3 is 29.0 Å². The standard InChI is InChI=1S/C21H28N2O8/c1-28-19(26)17-10-21(29-2,30-3)13-23(17)18(25)16-9-15(24)11-22(16)20(27)31-12-14-7-5-4-6-8-14/h4-8,15-17,24H,9-13H2,1-3H3/t15-,16-,17-/m0/s1. The summed E-state index contributed by atoms with van der Waals surface area (Å²) in [4.78, 5) is 40.9. The van der Waals surface area contributed by atoms with Crippen LogP contribution in [0.25, 0.3) is 0 Å². The monoisotopic (exact) mass is 436 g/mol. The first-order valence-corrected chi connectivity index (χ1v) is 9.98. The number of aliphatic hydroxyl groups excluding tert-OH is 1. The average molecular weight is 436 g/mol. The lowest BCUT2D eigenvalue weighted by Gasteiger charge is -2.30. The molecule has 2 fully saturated rings. The van der Waals surface area contributed by atoms with E-state index in [4.69, 9.17) is 18.9 Å². The van der Waals surface area contributed by atoms with Gasteiger partial charge in [-0.15, -0.1) is 0 Å². The summed E-state index contributed by atoms with van der Waals surface area (Å²) >= 11 is 0. The minimum absolute atomic E-state index is 0.0158. The van der Waals surface area contributed by atoms with Crippen LogP contribution in [0, 0.1) is 0 Å². The van der Waals surface area contributed by atoms with Crippen LogP contribution in [0.5, 0.6) is 0 Å². The van der Waals surface area contributed by atoms with Gasteiger partial charge in [-0.25, -0.2) is 9.59 Å². The van der Waals surface area contributed by atoms with E-state index in [1.807, 2.05) is 30.3 Å². The largest absolute Gasteiger partial charge is 0.467 e. The van der Waals surface area contributed by atoms with Gasteiger partial charge in [0.25, 0.3) is 0 Å². The molecule has 0 bridgehead atoms. The van der Waals surface area contributed by atoms with Gasteiger partial charge in [-0.2, -0.15) is 0 Å². The number of carbonyl (C=O) groups excluding carboxylic acids is 3. The number of nitrogens with zero attached hydrogens (tertiary/aromatic N) is 2. The first-order valence-electron chi connectivity index (χ1n) is 9.98. The number of rotatable bonds is 6. The summed E-state index contributed by atoms with van der Waals surface area (Å²) in [5, 5.41) is 10.2. The molecule has 2 heterocycles. The summed E-state index contributed by atoms with van der Waals surface area (Å²) in [7, 11) is 4.09. The maximum Gasteiger partial charge on any atom is 0.410 e. The molecular formula is C21H28N2O8. The average Bonchev–Trinajstić information content (AvgIpc) is 3.39. The summed E-state index contributed by atoms with van der Waals surface area (Å²) in [6.45, 7) is -0.0172. The molecule has 1 aromatic carbocycles. The number of esters is 1. The Morgan fingerprint density at radius 1 is 1.06 bits per heavy atom. The quantitative estimate of drug-likeness (QED) is 0.507. The molecule has 1 N–H and O–H groups in total. The first-order chi connectivity index (χ1) is 14.8. The van der Waals surface area contributed by atoms with Crippen molar-refractivity contribution in [3.8, 4) is 0 Å². The molecule has 0 spiro atoms.